The minimum Gasteiger partial charge on any atom is -0.508 e. The molecule has 0 saturated heterocycles. The largest absolute Gasteiger partial charge is 0.508 e. The smallest absolute Gasteiger partial charge is 0.338 e. The first-order valence-electron chi connectivity index (χ1n) is 9.08. The Balaban J connectivity index is 1.92. The van der Waals surface area contributed by atoms with Crippen LogP contribution in [0.25, 0.3) is 0 Å². The molecule has 0 spiro atoms. The van der Waals surface area contributed by atoms with Crippen molar-refractivity contribution in [1.29, 1.82) is 0 Å². The van der Waals surface area contributed by atoms with E-state index in [1.165, 1.54) is 24.3 Å². The van der Waals surface area contributed by atoms with Gasteiger partial charge in [0.1, 0.15) is 12.4 Å². The van der Waals surface area contributed by atoms with Crippen molar-refractivity contribution in [2.24, 2.45) is 0 Å². The fourth-order valence-electron chi connectivity index (χ4n) is 2.94. The standard InChI is InChI=1S/C21H19ClN2O6/c1-2-29-20(27)17-16(11-30-19(26)13-4-3-5-15(25)10-13)23-21(28)24-18(17)12-6-8-14(22)9-7-12/h3-10,18,25H,2,11H2,1H3,(H2,23,24,28). The lowest BCUT2D eigenvalue weighted by atomic mass is 9.95. The van der Waals surface area contributed by atoms with Gasteiger partial charge in [-0.05, 0) is 42.8 Å². The SMILES string of the molecule is CCOC(=O)C1=C(COC(=O)c2cccc(O)c2)NC(=O)NC1c1ccc(Cl)cc1. The zero-order chi connectivity index (χ0) is 21.7. The molecule has 3 N–H and O–H groups in total. The van der Waals surface area contributed by atoms with Crippen LogP contribution in [0, 0.1) is 0 Å². The molecule has 8 nitrogen and oxygen atoms in total. The van der Waals surface area contributed by atoms with Crippen LogP contribution in [0.5, 0.6) is 5.75 Å². The van der Waals surface area contributed by atoms with Crippen molar-refractivity contribution in [1.82, 2.24) is 10.6 Å². The molecule has 2 aromatic rings. The number of nitrogens with one attached hydrogen (secondary N) is 2. The molecule has 3 rings (SSSR count). The molecule has 0 fully saturated rings. The molecule has 1 unspecified atom stereocenters. The van der Waals surface area contributed by atoms with E-state index in [9.17, 15) is 19.5 Å². The summed E-state index contributed by atoms with van der Waals surface area (Å²) in [5, 5.41) is 15.2. The van der Waals surface area contributed by atoms with Gasteiger partial charge in [0.15, 0.2) is 0 Å². The molecule has 1 aliphatic rings. The highest BCUT2D eigenvalue weighted by molar-refractivity contribution is 6.30. The third-order valence-electron chi connectivity index (χ3n) is 4.28. The lowest BCUT2D eigenvalue weighted by molar-refractivity contribution is -0.139. The van der Waals surface area contributed by atoms with E-state index < -0.39 is 24.0 Å². The number of amides is 2. The lowest BCUT2D eigenvalue weighted by Gasteiger charge is -2.29. The maximum atomic E-state index is 12.7. The van der Waals surface area contributed by atoms with Crippen molar-refractivity contribution < 1.29 is 29.0 Å². The highest BCUT2D eigenvalue weighted by Crippen LogP contribution is 2.29. The summed E-state index contributed by atoms with van der Waals surface area (Å²) in [5.74, 6) is -1.47. The van der Waals surface area contributed by atoms with Gasteiger partial charge in [-0.2, -0.15) is 0 Å². The summed E-state index contributed by atoms with van der Waals surface area (Å²) >= 11 is 5.93. The minimum absolute atomic E-state index is 0.0890. The third-order valence-corrected chi connectivity index (χ3v) is 4.53. The van der Waals surface area contributed by atoms with Crippen LogP contribution in [-0.4, -0.2) is 36.3 Å². The monoisotopic (exact) mass is 430 g/mol. The van der Waals surface area contributed by atoms with Gasteiger partial charge in [-0.3, -0.25) is 0 Å². The topological polar surface area (TPSA) is 114 Å². The first-order valence-corrected chi connectivity index (χ1v) is 9.46. The van der Waals surface area contributed by atoms with Crippen LogP contribution in [0.2, 0.25) is 5.02 Å². The Morgan fingerprint density at radius 3 is 2.50 bits per heavy atom. The number of carbonyl (C=O) groups is 3. The number of rotatable bonds is 6. The predicted molar refractivity (Wildman–Crippen MR) is 108 cm³/mol. The average Bonchev–Trinajstić information content (AvgIpc) is 2.72. The van der Waals surface area contributed by atoms with E-state index in [0.717, 1.165) is 0 Å². The molecule has 1 aliphatic heterocycles. The number of hydrogen-bond acceptors (Lipinski definition) is 6. The van der Waals surface area contributed by atoms with E-state index in [1.54, 1.807) is 31.2 Å². The zero-order valence-electron chi connectivity index (χ0n) is 16.0. The van der Waals surface area contributed by atoms with E-state index in [1.807, 2.05) is 0 Å². The lowest BCUT2D eigenvalue weighted by Crippen LogP contribution is -2.47. The number of benzene rings is 2. The summed E-state index contributed by atoms with van der Waals surface area (Å²) in [5.41, 5.74) is 0.949. The molecule has 1 heterocycles. The quantitative estimate of drug-likeness (QED) is 0.607. The average molecular weight is 431 g/mol. The van der Waals surface area contributed by atoms with Crippen LogP contribution in [-0.2, 0) is 14.3 Å². The molecular weight excluding hydrogens is 412 g/mol. The van der Waals surface area contributed by atoms with Crippen LogP contribution in [0.3, 0.4) is 0 Å². The Morgan fingerprint density at radius 1 is 1.10 bits per heavy atom. The van der Waals surface area contributed by atoms with Gasteiger partial charge in [-0.1, -0.05) is 29.8 Å². The van der Waals surface area contributed by atoms with Gasteiger partial charge in [-0.25, -0.2) is 14.4 Å². The summed E-state index contributed by atoms with van der Waals surface area (Å²) < 4.78 is 10.4. The minimum atomic E-state index is -0.815. The van der Waals surface area contributed by atoms with Gasteiger partial charge in [0.05, 0.1) is 29.5 Å². The molecule has 0 saturated carbocycles. The maximum absolute atomic E-state index is 12.7. The van der Waals surface area contributed by atoms with E-state index in [4.69, 9.17) is 21.1 Å². The second-order valence-corrected chi connectivity index (χ2v) is 6.76. The molecule has 2 aromatic carbocycles. The highest BCUT2D eigenvalue weighted by Gasteiger charge is 2.34. The number of urea groups is 1. The summed E-state index contributed by atoms with van der Waals surface area (Å²) in [6.45, 7) is 1.41. The number of esters is 2. The van der Waals surface area contributed by atoms with Crippen molar-refractivity contribution in [3.63, 3.8) is 0 Å². The summed E-state index contributed by atoms with van der Waals surface area (Å²) in [6, 6.07) is 10.9. The van der Waals surface area contributed by atoms with Crippen molar-refractivity contribution in [2.45, 2.75) is 13.0 Å². The first kappa shape index (κ1) is 21.2. The third kappa shape index (κ3) is 4.90. The van der Waals surface area contributed by atoms with Crippen molar-refractivity contribution in [3.05, 3.63) is 76.0 Å². The molecule has 156 valence electrons. The Hall–Kier alpha value is -3.52. The molecule has 0 aliphatic carbocycles. The van der Waals surface area contributed by atoms with E-state index in [2.05, 4.69) is 10.6 Å². The molecule has 0 bridgehead atoms. The number of carbonyl (C=O) groups excluding carboxylic acids is 3. The fourth-order valence-corrected chi connectivity index (χ4v) is 3.07. The van der Waals surface area contributed by atoms with Crippen LogP contribution in [0.1, 0.15) is 28.9 Å². The predicted octanol–water partition coefficient (Wildman–Crippen LogP) is 3.07. The Labute approximate surface area is 177 Å². The summed E-state index contributed by atoms with van der Waals surface area (Å²) in [4.78, 5) is 37.2. The molecule has 2 amide bonds. The zero-order valence-corrected chi connectivity index (χ0v) is 16.7. The van der Waals surface area contributed by atoms with Crippen LogP contribution in [0.4, 0.5) is 4.79 Å². The van der Waals surface area contributed by atoms with Gasteiger partial charge in [-0.15, -0.1) is 0 Å². The number of phenolic OH excluding ortho intramolecular Hbond substituents is 1. The van der Waals surface area contributed by atoms with E-state index in [0.29, 0.717) is 10.6 Å². The van der Waals surface area contributed by atoms with E-state index >= 15 is 0 Å². The Bertz CT molecular complexity index is 1000. The second kappa shape index (κ2) is 9.32. The molecule has 0 radical (unpaired) electrons. The van der Waals surface area contributed by atoms with Gasteiger partial charge >= 0.3 is 18.0 Å². The van der Waals surface area contributed by atoms with Crippen LogP contribution >= 0.6 is 11.6 Å². The number of aromatic hydroxyl groups is 1. The molecule has 0 aromatic heterocycles. The number of hydrogen-bond donors (Lipinski definition) is 3. The number of phenols is 1. The second-order valence-electron chi connectivity index (χ2n) is 6.32. The first-order chi connectivity index (χ1) is 14.4. The van der Waals surface area contributed by atoms with Gasteiger partial charge in [0, 0.05) is 5.02 Å². The van der Waals surface area contributed by atoms with Gasteiger partial charge in [0.25, 0.3) is 0 Å². The summed E-state index contributed by atoms with van der Waals surface area (Å²) in [6.07, 6.45) is 0. The maximum Gasteiger partial charge on any atom is 0.338 e. The molecule has 30 heavy (non-hydrogen) atoms. The Kier molecular flexibility index (Phi) is 6.58. The number of ether oxygens (including phenoxy) is 2. The number of halogens is 1. The fraction of sp³-hybridized carbons (Fsp3) is 0.190. The van der Waals surface area contributed by atoms with Crippen molar-refractivity contribution >= 4 is 29.6 Å². The Morgan fingerprint density at radius 2 is 1.83 bits per heavy atom. The van der Waals surface area contributed by atoms with Crippen molar-refractivity contribution in [2.75, 3.05) is 13.2 Å². The molecule has 9 heteroatoms. The van der Waals surface area contributed by atoms with Crippen LogP contribution < -0.4 is 10.6 Å². The summed E-state index contributed by atoms with van der Waals surface area (Å²) in [7, 11) is 0. The normalized spacial score (nSPS) is 15.8. The molecule has 1 atom stereocenters. The van der Waals surface area contributed by atoms with Gasteiger partial charge < -0.3 is 25.2 Å². The highest BCUT2D eigenvalue weighted by atomic mass is 35.5. The van der Waals surface area contributed by atoms with Gasteiger partial charge in [0.2, 0.25) is 0 Å². The molecular formula is C21H19ClN2O6. The van der Waals surface area contributed by atoms with Crippen molar-refractivity contribution in [3.8, 4) is 5.75 Å². The van der Waals surface area contributed by atoms with E-state index in [-0.39, 0.29) is 35.8 Å². The van der Waals surface area contributed by atoms with Crippen LogP contribution in [0.15, 0.2) is 59.8 Å².